The first-order valence-corrected chi connectivity index (χ1v) is 15.3. The molecule has 8 nitrogen and oxygen atoms in total. The van der Waals surface area contributed by atoms with E-state index in [4.69, 9.17) is 24.1 Å². The lowest BCUT2D eigenvalue weighted by atomic mass is 9.84. The molecule has 0 radical (unpaired) electrons. The molecule has 2 aromatic carbocycles. The number of hydrogen-bond donors (Lipinski definition) is 1. The average Bonchev–Trinajstić information content (AvgIpc) is 3.00. The first-order valence-electron chi connectivity index (χ1n) is 15.3. The molecule has 8 heteroatoms. The summed E-state index contributed by atoms with van der Waals surface area (Å²) in [5, 5.41) is 9.06. The molecule has 0 aliphatic carbocycles. The van der Waals surface area contributed by atoms with E-state index in [-0.39, 0.29) is 40.9 Å². The Bertz CT molecular complexity index is 1090. The number of aromatic hydroxyl groups is 1. The van der Waals surface area contributed by atoms with Gasteiger partial charge in [-0.3, -0.25) is 14.4 Å². The maximum absolute atomic E-state index is 11.7. The smallest absolute Gasteiger partial charge is 0.316 e. The minimum absolute atomic E-state index is 0.00119. The van der Waals surface area contributed by atoms with Crippen molar-refractivity contribution in [2.45, 2.75) is 87.7 Å². The minimum Gasteiger partial charge on any atom is -0.508 e. The molecular formula is C35H52O8. The fourth-order valence-corrected chi connectivity index (χ4v) is 3.25. The van der Waals surface area contributed by atoms with Crippen molar-refractivity contribution in [2.24, 2.45) is 22.7 Å². The van der Waals surface area contributed by atoms with Gasteiger partial charge in [-0.05, 0) is 69.4 Å². The van der Waals surface area contributed by atoms with Gasteiger partial charge in [-0.25, -0.2) is 0 Å². The van der Waals surface area contributed by atoms with Crippen LogP contribution >= 0.6 is 0 Å². The summed E-state index contributed by atoms with van der Waals surface area (Å²) in [4.78, 5) is 34.4. The zero-order chi connectivity index (χ0) is 32.5. The molecule has 0 aromatic heterocycles. The molecule has 2 unspecified atom stereocenters. The Kier molecular flexibility index (Phi) is 16.6. The normalized spacial score (nSPS) is 14.7. The van der Waals surface area contributed by atoms with Gasteiger partial charge >= 0.3 is 17.9 Å². The monoisotopic (exact) mass is 600 g/mol. The first kappa shape index (κ1) is 37.6. The van der Waals surface area contributed by atoms with Gasteiger partial charge in [0.1, 0.15) is 24.7 Å². The second kappa shape index (κ2) is 19.0. The highest BCUT2D eigenvalue weighted by Crippen LogP contribution is 2.31. The van der Waals surface area contributed by atoms with Gasteiger partial charge in [-0.2, -0.15) is 0 Å². The van der Waals surface area contributed by atoms with Crippen LogP contribution in [0, 0.1) is 22.7 Å². The lowest BCUT2D eigenvalue weighted by molar-refractivity contribution is -0.173. The number of carbonyl (C=O) groups is 3. The van der Waals surface area contributed by atoms with Crippen molar-refractivity contribution >= 4 is 17.9 Å². The van der Waals surface area contributed by atoms with Crippen LogP contribution in [0.4, 0.5) is 0 Å². The minimum atomic E-state index is -0.474. The predicted molar refractivity (Wildman–Crippen MR) is 167 cm³/mol. The second-order valence-electron chi connectivity index (χ2n) is 11.8. The second-order valence-corrected chi connectivity index (χ2v) is 11.8. The van der Waals surface area contributed by atoms with Gasteiger partial charge < -0.3 is 24.1 Å². The summed E-state index contributed by atoms with van der Waals surface area (Å²) in [7, 11) is 0. The number of benzene rings is 2. The van der Waals surface area contributed by atoms with Crippen LogP contribution in [0.25, 0.3) is 0 Å². The van der Waals surface area contributed by atoms with Crippen molar-refractivity contribution in [2.75, 3.05) is 19.8 Å². The number of phenols is 1. The van der Waals surface area contributed by atoms with Crippen LogP contribution in [-0.2, 0) is 35.2 Å². The van der Waals surface area contributed by atoms with Gasteiger partial charge in [-0.15, -0.1) is 0 Å². The Hall–Kier alpha value is -3.39. The van der Waals surface area contributed by atoms with Crippen molar-refractivity contribution in [3.05, 3.63) is 60.2 Å². The van der Waals surface area contributed by atoms with E-state index in [1.54, 1.807) is 12.1 Å². The highest BCUT2D eigenvalue weighted by molar-refractivity contribution is 5.78. The summed E-state index contributed by atoms with van der Waals surface area (Å²) in [5.41, 5.74) is 0.672. The molecule has 0 saturated carbocycles. The van der Waals surface area contributed by atoms with Crippen LogP contribution < -0.4 is 4.74 Å². The molecule has 1 aliphatic heterocycles. The van der Waals surface area contributed by atoms with E-state index in [2.05, 4.69) is 6.92 Å². The highest BCUT2D eigenvalue weighted by Gasteiger charge is 2.38. The fourth-order valence-electron chi connectivity index (χ4n) is 3.25. The Morgan fingerprint density at radius 2 is 1.40 bits per heavy atom. The van der Waals surface area contributed by atoms with E-state index in [0.717, 1.165) is 44.5 Å². The maximum Gasteiger partial charge on any atom is 0.316 e. The van der Waals surface area contributed by atoms with E-state index >= 15 is 0 Å². The average molecular weight is 601 g/mol. The lowest BCUT2D eigenvalue weighted by Gasteiger charge is -2.40. The number of carbonyl (C=O) groups excluding carboxylic acids is 3. The summed E-state index contributed by atoms with van der Waals surface area (Å²) >= 11 is 0. The van der Waals surface area contributed by atoms with Crippen molar-refractivity contribution < 1.29 is 38.4 Å². The van der Waals surface area contributed by atoms with Gasteiger partial charge in [0.05, 0.1) is 35.9 Å². The summed E-state index contributed by atoms with van der Waals surface area (Å²) < 4.78 is 20.7. The van der Waals surface area contributed by atoms with E-state index in [9.17, 15) is 14.4 Å². The van der Waals surface area contributed by atoms with Gasteiger partial charge in [0.2, 0.25) is 0 Å². The van der Waals surface area contributed by atoms with Crippen molar-refractivity contribution in [3.63, 3.8) is 0 Å². The van der Waals surface area contributed by atoms with E-state index in [1.807, 2.05) is 78.8 Å². The molecule has 43 heavy (non-hydrogen) atoms. The molecule has 1 heterocycles. The number of esters is 3. The zero-order valence-electron chi connectivity index (χ0n) is 27.3. The molecule has 0 spiro atoms. The number of rotatable bonds is 12. The van der Waals surface area contributed by atoms with Gasteiger partial charge in [0.15, 0.2) is 0 Å². The maximum atomic E-state index is 11.7. The Morgan fingerprint density at radius 1 is 0.860 bits per heavy atom. The molecule has 2 atom stereocenters. The number of hydrogen-bond acceptors (Lipinski definition) is 8. The van der Waals surface area contributed by atoms with Crippen molar-refractivity contribution in [1.82, 2.24) is 0 Å². The quantitative estimate of drug-likeness (QED) is 0.197. The predicted octanol–water partition coefficient (Wildman–Crippen LogP) is 7.51. The van der Waals surface area contributed by atoms with E-state index < -0.39 is 5.41 Å². The summed E-state index contributed by atoms with van der Waals surface area (Å²) in [5.74, 6) is 0.187. The fraction of sp³-hybridized carbons (Fsp3) is 0.571. The molecule has 1 fully saturated rings. The lowest BCUT2D eigenvalue weighted by Crippen LogP contribution is -2.46. The van der Waals surface area contributed by atoms with Gasteiger partial charge in [0.25, 0.3) is 0 Å². The third-order valence-electron chi connectivity index (χ3n) is 7.82. The zero-order valence-corrected chi connectivity index (χ0v) is 27.3. The highest BCUT2D eigenvalue weighted by atomic mass is 16.6. The molecule has 1 aliphatic rings. The van der Waals surface area contributed by atoms with Gasteiger partial charge in [-0.1, -0.05) is 71.9 Å². The molecule has 0 bridgehead atoms. The SMILES string of the molecule is CCC(C)(C)C(=O)Oc1ccc(O)cc1.CCC(C)C(=O)OCC1(CC)COC1.CCC(C)C(=O)OCc1ccccc1. The van der Waals surface area contributed by atoms with Crippen LogP contribution in [0.15, 0.2) is 54.6 Å². The summed E-state index contributed by atoms with van der Waals surface area (Å²) in [6.07, 6.45) is 3.41. The van der Waals surface area contributed by atoms with E-state index in [1.165, 1.54) is 12.1 Å². The first-order chi connectivity index (χ1) is 20.3. The van der Waals surface area contributed by atoms with Crippen molar-refractivity contribution in [3.8, 4) is 11.5 Å². The molecule has 240 valence electrons. The Balaban J connectivity index is 0.000000323. The van der Waals surface area contributed by atoms with Crippen LogP contribution in [0.1, 0.15) is 86.6 Å². The summed E-state index contributed by atoms with van der Waals surface area (Å²) in [6.45, 7) is 17.9. The Labute approximate surface area is 258 Å². The van der Waals surface area contributed by atoms with Crippen LogP contribution in [0.2, 0.25) is 0 Å². The largest absolute Gasteiger partial charge is 0.508 e. The summed E-state index contributed by atoms with van der Waals surface area (Å²) in [6, 6.07) is 15.8. The number of phenolic OH excluding ortho intramolecular Hbond substituents is 1. The standard InChI is InChI=1S/C12H16O3.C12H16O2.C11H20O3/c1-4-12(2,3)11(14)15-10-7-5-9(13)6-8-10;1-3-10(2)12(13)14-9-11-7-5-4-6-8-11;1-4-9(3)10(12)14-8-11(5-2)6-13-7-11/h5-8,13H,4H2,1-3H3;4-8,10H,3,9H2,1-2H3;9H,4-8H2,1-3H3. The third-order valence-corrected chi connectivity index (χ3v) is 7.82. The van der Waals surface area contributed by atoms with Crippen LogP contribution in [0.3, 0.4) is 0 Å². The van der Waals surface area contributed by atoms with Gasteiger partial charge in [0, 0.05) is 0 Å². The van der Waals surface area contributed by atoms with Crippen LogP contribution in [-0.4, -0.2) is 42.8 Å². The van der Waals surface area contributed by atoms with Crippen molar-refractivity contribution in [1.29, 1.82) is 0 Å². The molecule has 0 amide bonds. The van der Waals surface area contributed by atoms with Crippen LogP contribution in [0.5, 0.6) is 11.5 Å². The molecule has 3 rings (SSSR count). The third kappa shape index (κ3) is 13.6. The molecule has 1 N–H and O–H groups in total. The topological polar surface area (TPSA) is 108 Å². The molecule has 1 saturated heterocycles. The number of ether oxygens (including phenoxy) is 4. The molecule has 2 aromatic rings. The Morgan fingerprint density at radius 3 is 1.84 bits per heavy atom. The van der Waals surface area contributed by atoms with E-state index in [0.29, 0.717) is 19.0 Å². The molecular weight excluding hydrogens is 548 g/mol.